The molecule has 1 saturated heterocycles. The fourth-order valence-electron chi connectivity index (χ4n) is 3.40. The highest BCUT2D eigenvalue weighted by Crippen LogP contribution is 2.25. The van der Waals surface area contributed by atoms with Gasteiger partial charge in [0.2, 0.25) is 0 Å². The molecule has 1 N–H and O–H groups in total. The number of nitrogens with zero attached hydrogens (tertiary/aromatic N) is 1. The van der Waals surface area contributed by atoms with Crippen molar-refractivity contribution < 1.29 is 4.74 Å². The lowest BCUT2D eigenvalue weighted by molar-refractivity contribution is -0.0112. The molecule has 20 heavy (non-hydrogen) atoms. The van der Waals surface area contributed by atoms with Gasteiger partial charge in [0, 0.05) is 31.4 Å². The summed E-state index contributed by atoms with van der Waals surface area (Å²) in [6, 6.07) is 9.32. The van der Waals surface area contributed by atoms with Gasteiger partial charge in [0.05, 0.1) is 6.10 Å². The summed E-state index contributed by atoms with van der Waals surface area (Å²) >= 11 is 0. The van der Waals surface area contributed by atoms with Gasteiger partial charge in [0.25, 0.3) is 0 Å². The molecule has 0 radical (unpaired) electrons. The van der Waals surface area contributed by atoms with Crippen molar-refractivity contribution in [3.63, 3.8) is 0 Å². The highest BCUT2D eigenvalue weighted by atomic mass is 16.5. The number of fused-ring (bicyclic) bond motifs is 1. The summed E-state index contributed by atoms with van der Waals surface area (Å²) in [7, 11) is 0. The van der Waals surface area contributed by atoms with Crippen LogP contribution in [-0.4, -0.2) is 43.3 Å². The smallest absolute Gasteiger partial charge is 0.0702 e. The Labute approximate surface area is 122 Å². The van der Waals surface area contributed by atoms with Crippen molar-refractivity contribution >= 4 is 5.69 Å². The summed E-state index contributed by atoms with van der Waals surface area (Å²) in [6.45, 7) is 6.49. The van der Waals surface area contributed by atoms with Gasteiger partial charge in [-0.05, 0) is 43.9 Å². The van der Waals surface area contributed by atoms with E-state index in [2.05, 4.69) is 41.4 Å². The Balaban J connectivity index is 1.59. The second-order valence-electron chi connectivity index (χ2n) is 6.03. The van der Waals surface area contributed by atoms with Crippen LogP contribution in [0.25, 0.3) is 0 Å². The summed E-state index contributed by atoms with van der Waals surface area (Å²) in [5.41, 5.74) is 2.78. The Morgan fingerprint density at radius 2 is 2.25 bits per heavy atom. The molecule has 0 aliphatic carbocycles. The molecular weight excluding hydrogens is 248 g/mol. The van der Waals surface area contributed by atoms with E-state index in [1.165, 1.54) is 37.1 Å². The van der Waals surface area contributed by atoms with E-state index in [-0.39, 0.29) is 0 Å². The molecule has 3 rings (SSSR count). The number of benzene rings is 1. The Morgan fingerprint density at radius 1 is 1.35 bits per heavy atom. The van der Waals surface area contributed by atoms with E-state index >= 15 is 0 Å². The fourth-order valence-corrected chi connectivity index (χ4v) is 3.40. The molecule has 0 spiro atoms. The number of likely N-dealkylation sites (tertiary alicyclic amines) is 1. The van der Waals surface area contributed by atoms with E-state index in [0.717, 1.165) is 26.1 Å². The van der Waals surface area contributed by atoms with Crippen LogP contribution < -0.4 is 5.32 Å². The van der Waals surface area contributed by atoms with Crippen molar-refractivity contribution in [1.82, 2.24) is 4.90 Å². The lowest BCUT2D eigenvalue weighted by atomic mass is 9.96. The number of hydrogen-bond donors (Lipinski definition) is 1. The zero-order valence-corrected chi connectivity index (χ0v) is 12.5. The number of rotatable bonds is 4. The van der Waals surface area contributed by atoms with Crippen molar-refractivity contribution in [3.8, 4) is 0 Å². The van der Waals surface area contributed by atoms with Gasteiger partial charge in [-0.1, -0.05) is 25.1 Å². The summed E-state index contributed by atoms with van der Waals surface area (Å²) < 4.78 is 5.96. The van der Waals surface area contributed by atoms with Crippen LogP contribution in [0, 0.1) is 0 Å². The SMILES string of the molecule is CCCOC1CCCN(C2CNc3ccccc3C2)C1. The summed E-state index contributed by atoms with van der Waals surface area (Å²) in [4.78, 5) is 2.63. The fraction of sp³-hybridized carbons (Fsp3) is 0.647. The van der Waals surface area contributed by atoms with E-state index in [9.17, 15) is 0 Å². The van der Waals surface area contributed by atoms with E-state index < -0.39 is 0 Å². The van der Waals surface area contributed by atoms with E-state index in [1.54, 1.807) is 0 Å². The van der Waals surface area contributed by atoms with E-state index in [1.807, 2.05) is 0 Å². The molecule has 1 aromatic rings. The maximum atomic E-state index is 5.96. The van der Waals surface area contributed by atoms with Crippen LogP contribution in [-0.2, 0) is 11.2 Å². The lowest BCUT2D eigenvalue weighted by Gasteiger charge is -2.40. The van der Waals surface area contributed by atoms with Crippen LogP contribution >= 0.6 is 0 Å². The van der Waals surface area contributed by atoms with Crippen LogP contribution in [0.4, 0.5) is 5.69 Å². The van der Waals surface area contributed by atoms with Gasteiger partial charge < -0.3 is 10.1 Å². The molecular formula is C17H26N2O. The first kappa shape index (κ1) is 13.9. The quantitative estimate of drug-likeness (QED) is 0.913. The molecule has 110 valence electrons. The molecule has 2 aliphatic heterocycles. The Morgan fingerprint density at radius 3 is 3.15 bits per heavy atom. The molecule has 0 amide bonds. The second kappa shape index (κ2) is 6.59. The molecule has 1 fully saturated rings. The first-order chi connectivity index (χ1) is 9.86. The van der Waals surface area contributed by atoms with Gasteiger partial charge >= 0.3 is 0 Å². The minimum absolute atomic E-state index is 0.445. The zero-order valence-electron chi connectivity index (χ0n) is 12.5. The predicted molar refractivity (Wildman–Crippen MR) is 83.3 cm³/mol. The van der Waals surface area contributed by atoms with Crippen molar-refractivity contribution in [2.24, 2.45) is 0 Å². The standard InChI is InChI=1S/C17H26N2O/c1-2-10-20-16-7-5-9-19(13-16)15-11-14-6-3-4-8-17(14)18-12-15/h3-4,6,8,15-16,18H,2,5,7,9-13H2,1H3. The van der Waals surface area contributed by atoms with Crippen LogP contribution in [0.15, 0.2) is 24.3 Å². The highest BCUT2D eigenvalue weighted by molar-refractivity contribution is 5.53. The van der Waals surface area contributed by atoms with Crippen LogP contribution in [0.1, 0.15) is 31.7 Å². The van der Waals surface area contributed by atoms with E-state index in [4.69, 9.17) is 4.74 Å². The number of ether oxygens (including phenoxy) is 1. The van der Waals surface area contributed by atoms with Crippen LogP contribution in [0.2, 0.25) is 0 Å². The second-order valence-corrected chi connectivity index (χ2v) is 6.03. The predicted octanol–water partition coefficient (Wildman–Crippen LogP) is 2.91. The monoisotopic (exact) mass is 274 g/mol. The molecule has 0 saturated carbocycles. The molecule has 2 atom stereocenters. The molecule has 0 aromatic heterocycles. The van der Waals surface area contributed by atoms with Crippen LogP contribution in [0.5, 0.6) is 0 Å². The third-order valence-electron chi connectivity index (χ3n) is 4.48. The normalized spacial score (nSPS) is 26.9. The summed E-state index contributed by atoms with van der Waals surface area (Å²) in [5, 5.41) is 3.59. The maximum absolute atomic E-state index is 5.96. The van der Waals surface area contributed by atoms with E-state index in [0.29, 0.717) is 12.1 Å². The number of hydrogen-bond acceptors (Lipinski definition) is 3. The topological polar surface area (TPSA) is 24.5 Å². The van der Waals surface area contributed by atoms with Crippen molar-refractivity contribution in [1.29, 1.82) is 0 Å². The van der Waals surface area contributed by atoms with Gasteiger partial charge in [0.15, 0.2) is 0 Å². The summed E-state index contributed by atoms with van der Waals surface area (Å²) in [5.74, 6) is 0. The number of anilines is 1. The number of nitrogens with one attached hydrogen (secondary N) is 1. The van der Waals surface area contributed by atoms with Crippen molar-refractivity contribution in [2.75, 3.05) is 31.6 Å². The largest absolute Gasteiger partial charge is 0.383 e. The molecule has 0 bridgehead atoms. The van der Waals surface area contributed by atoms with Gasteiger partial charge in [-0.25, -0.2) is 0 Å². The molecule has 2 unspecified atom stereocenters. The number of para-hydroxylation sites is 1. The molecule has 1 aromatic carbocycles. The van der Waals surface area contributed by atoms with Crippen molar-refractivity contribution in [3.05, 3.63) is 29.8 Å². The highest BCUT2D eigenvalue weighted by Gasteiger charge is 2.28. The summed E-state index contributed by atoms with van der Waals surface area (Å²) in [6.07, 6.45) is 5.24. The number of piperidine rings is 1. The molecule has 2 aliphatic rings. The average molecular weight is 274 g/mol. The molecule has 2 heterocycles. The third kappa shape index (κ3) is 3.15. The Bertz CT molecular complexity index is 435. The minimum atomic E-state index is 0.445. The molecule has 3 nitrogen and oxygen atoms in total. The average Bonchev–Trinajstić information content (AvgIpc) is 2.53. The lowest BCUT2D eigenvalue weighted by Crippen LogP contribution is -2.50. The Hall–Kier alpha value is -1.06. The Kier molecular flexibility index (Phi) is 4.58. The van der Waals surface area contributed by atoms with Gasteiger partial charge in [-0.2, -0.15) is 0 Å². The van der Waals surface area contributed by atoms with Gasteiger partial charge in [0.1, 0.15) is 0 Å². The third-order valence-corrected chi connectivity index (χ3v) is 4.48. The first-order valence-electron chi connectivity index (χ1n) is 8.04. The maximum Gasteiger partial charge on any atom is 0.0702 e. The van der Waals surface area contributed by atoms with Gasteiger partial charge in [-0.15, -0.1) is 0 Å². The minimum Gasteiger partial charge on any atom is -0.383 e. The van der Waals surface area contributed by atoms with Crippen LogP contribution in [0.3, 0.4) is 0 Å². The first-order valence-corrected chi connectivity index (χ1v) is 8.04. The zero-order chi connectivity index (χ0) is 13.8. The van der Waals surface area contributed by atoms with Gasteiger partial charge in [-0.3, -0.25) is 4.90 Å². The van der Waals surface area contributed by atoms with Crippen molar-refractivity contribution in [2.45, 2.75) is 44.8 Å². The molecule has 3 heteroatoms.